The summed E-state index contributed by atoms with van der Waals surface area (Å²) in [4.78, 5) is 11.8. The van der Waals surface area contributed by atoms with Crippen molar-refractivity contribution in [3.63, 3.8) is 0 Å². The summed E-state index contributed by atoms with van der Waals surface area (Å²) in [6, 6.07) is 7.92. The zero-order chi connectivity index (χ0) is 15.7. The van der Waals surface area contributed by atoms with E-state index >= 15 is 0 Å². The molecule has 0 aliphatic heterocycles. The minimum Gasteiger partial charge on any atom is -0.497 e. The van der Waals surface area contributed by atoms with Crippen molar-refractivity contribution in [2.45, 2.75) is 39.5 Å². The third-order valence-electron chi connectivity index (χ3n) is 3.72. The van der Waals surface area contributed by atoms with E-state index in [0.29, 0.717) is 19.5 Å². The Labute approximate surface area is 128 Å². The number of benzene rings is 1. The number of nitrogens with one attached hydrogen (secondary N) is 1. The Morgan fingerprint density at radius 1 is 1.33 bits per heavy atom. The first-order valence-electron chi connectivity index (χ1n) is 7.56. The highest BCUT2D eigenvalue weighted by molar-refractivity contribution is 5.75. The molecule has 1 aromatic rings. The molecule has 4 nitrogen and oxygen atoms in total. The molecule has 0 fully saturated rings. The van der Waals surface area contributed by atoms with Gasteiger partial charge in [-0.3, -0.25) is 4.79 Å². The monoisotopic (exact) mass is 292 g/mol. The highest BCUT2D eigenvalue weighted by Crippen LogP contribution is 2.25. The number of ether oxygens (including phenoxy) is 1. The first kappa shape index (κ1) is 17.5. The minimum absolute atomic E-state index is 0.114. The van der Waals surface area contributed by atoms with Crippen molar-refractivity contribution in [2.24, 2.45) is 11.1 Å². The molecule has 118 valence electrons. The van der Waals surface area contributed by atoms with Gasteiger partial charge in [-0.15, -0.1) is 0 Å². The van der Waals surface area contributed by atoms with Crippen LogP contribution >= 0.6 is 0 Å². The van der Waals surface area contributed by atoms with Gasteiger partial charge in [0.15, 0.2) is 0 Å². The number of carbonyl (C=O) groups is 1. The molecule has 0 atom stereocenters. The lowest BCUT2D eigenvalue weighted by Crippen LogP contribution is -2.27. The van der Waals surface area contributed by atoms with Crippen molar-refractivity contribution in [1.82, 2.24) is 5.32 Å². The smallest absolute Gasteiger partial charge is 0.220 e. The quantitative estimate of drug-likeness (QED) is 0.735. The highest BCUT2D eigenvalue weighted by atomic mass is 16.5. The fourth-order valence-electron chi connectivity index (χ4n) is 2.23. The molecule has 21 heavy (non-hydrogen) atoms. The van der Waals surface area contributed by atoms with Crippen LogP contribution in [-0.2, 0) is 11.2 Å². The van der Waals surface area contributed by atoms with Gasteiger partial charge in [0.1, 0.15) is 5.75 Å². The van der Waals surface area contributed by atoms with Gasteiger partial charge in [0.25, 0.3) is 0 Å². The number of amides is 1. The molecular weight excluding hydrogens is 264 g/mol. The lowest BCUT2D eigenvalue weighted by atomic mass is 9.84. The van der Waals surface area contributed by atoms with Gasteiger partial charge < -0.3 is 15.8 Å². The van der Waals surface area contributed by atoms with Crippen LogP contribution in [0.2, 0.25) is 0 Å². The van der Waals surface area contributed by atoms with Gasteiger partial charge in [-0.2, -0.15) is 0 Å². The molecular formula is C17H28N2O2. The molecule has 1 aromatic carbocycles. The van der Waals surface area contributed by atoms with Gasteiger partial charge in [0, 0.05) is 13.0 Å². The molecule has 0 bridgehead atoms. The van der Waals surface area contributed by atoms with E-state index in [-0.39, 0.29) is 11.3 Å². The van der Waals surface area contributed by atoms with Crippen LogP contribution < -0.4 is 15.8 Å². The molecule has 3 N–H and O–H groups in total. The van der Waals surface area contributed by atoms with Crippen LogP contribution in [0.15, 0.2) is 24.3 Å². The van der Waals surface area contributed by atoms with E-state index in [4.69, 9.17) is 10.5 Å². The highest BCUT2D eigenvalue weighted by Gasteiger charge is 2.17. The van der Waals surface area contributed by atoms with Crippen molar-refractivity contribution in [2.75, 3.05) is 20.2 Å². The molecule has 0 saturated heterocycles. The van der Waals surface area contributed by atoms with E-state index in [1.807, 2.05) is 24.3 Å². The van der Waals surface area contributed by atoms with Crippen molar-refractivity contribution in [3.05, 3.63) is 29.8 Å². The fraction of sp³-hybridized carbons (Fsp3) is 0.588. The SMILES string of the molecule is COc1cccc(CCNC(=O)CCC(C)(C)CCN)c1. The van der Waals surface area contributed by atoms with E-state index in [1.165, 1.54) is 0 Å². The van der Waals surface area contributed by atoms with Crippen LogP contribution in [0.4, 0.5) is 0 Å². The van der Waals surface area contributed by atoms with Crippen molar-refractivity contribution >= 4 is 5.91 Å². The third-order valence-corrected chi connectivity index (χ3v) is 3.72. The Morgan fingerprint density at radius 2 is 2.10 bits per heavy atom. The molecule has 0 aliphatic carbocycles. The summed E-state index contributed by atoms with van der Waals surface area (Å²) in [6.07, 6.45) is 3.19. The predicted molar refractivity (Wildman–Crippen MR) is 86.4 cm³/mol. The van der Waals surface area contributed by atoms with Crippen LogP contribution in [0.5, 0.6) is 5.75 Å². The summed E-state index contributed by atoms with van der Waals surface area (Å²) in [5.74, 6) is 0.963. The molecule has 1 amide bonds. The summed E-state index contributed by atoms with van der Waals surface area (Å²) >= 11 is 0. The van der Waals surface area contributed by atoms with Gasteiger partial charge in [-0.05, 0) is 48.9 Å². The topological polar surface area (TPSA) is 64.3 Å². The van der Waals surface area contributed by atoms with Gasteiger partial charge in [0.05, 0.1) is 7.11 Å². The standard InChI is InChI=1S/C17H28N2O2/c1-17(2,10-11-18)9-7-16(20)19-12-8-14-5-4-6-15(13-14)21-3/h4-6,13H,7-12,18H2,1-3H3,(H,19,20). The molecule has 0 heterocycles. The fourth-order valence-corrected chi connectivity index (χ4v) is 2.23. The number of nitrogens with two attached hydrogens (primary N) is 1. The molecule has 0 unspecified atom stereocenters. The molecule has 0 saturated carbocycles. The second-order valence-corrected chi connectivity index (χ2v) is 6.15. The normalized spacial score (nSPS) is 11.2. The molecule has 0 aliphatic rings. The Morgan fingerprint density at radius 3 is 2.76 bits per heavy atom. The molecule has 4 heteroatoms. The lowest BCUT2D eigenvalue weighted by Gasteiger charge is -2.23. The van der Waals surface area contributed by atoms with Crippen LogP contribution in [0.3, 0.4) is 0 Å². The van der Waals surface area contributed by atoms with E-state index in [9.17, 15) is 4.79 Å². The summed E-state index contributed by atoms with van der Waals surface area (Å²) in [5.41, 5.74) is 6.88. The zero-order valence-electron chi connectivity index (χ0n) is 13.4. The zero-order valence-corrected chi connectivity index (χ0v) is 13.4. The maximum absolute atomic E-state index is 11.8. The average Bonchev–Trinajstić information content (AvgIpc) is 2.45. The Bertz CT molecular complexity index is 444. The number of hydrogen-bond donors (Lipinski definition) is 2. The Hall–Kier alpha value is -1.55. The van der Waals surface area contributed by atoms with Crippen LogP contribution in [0.1, 0.15) is 38.7 Å². The molecule has 0 radical (unpaired) electrons. The number of carbonyl (C=O) groups excluding carboxylic acids is 1. The first-order valence-corrected chi connectivity index (χ1v) is 7.56. The molecule has 1 rings (SSSR count). The lowest BCUT2D eigenvalue weighted by molar-refractivity contribution is -0.121. The molecule has 0 spiro atoms. The van der Waals surface area contributed by atoms with Gasteiger partial charge in [-0.1, -0.05) is 26.0 Å². The minimum atomic E-state index is 0.114. The number of methoxy groups -OCH3 is 1. The Kier molecular flexibility index (Phi) is 7.23. The summed E-state index contributed by atoms with van der Waals surface area (Å²) < 4.78 is 5.18. The van der Waals surface area contributed by atoms with E-state index in [2.05, 4.69) is 19.2 Å². The van der Waals surface area contributed by atoms with Crippen LogP contribution in [-0.4, -0.2) is 26.1 Å². The third kappa shape index (κ3) is 7.14. The second kappa shape index (κ2) is 8.67. The average molecular weight is 292 g/mol. The number of hydrogen-bond acceptors (Lipinski definition) is 3. The van der Waals surface area contributed by atoms with E-state index < -0.39 is 0 Å². The molecule has 0 aromatic heterocycles. The van der Waals surface area contributed by atoms with Crippen molar-refractivity contribution in [3.8, 4) is 5.75 Å². The van der Waals surface area contributed by atoms with Crippen LogP contribution in [0, 0.1) is 5.41 Å². The second-order valence-electron chi connectivity index (χ2n) is 6.15. The summed E-state index contributed by atoms with van der Waals surface area (Å²) in [7, 11) is 1.66. The largest absolute Gasteiger partial charge is 0.497 e. The van der Waals surface area contributed by atoms with Gasteiger partial charge >= 0.3 is 0 Å². The van der Waals surface area contributed by atoms with Crippen molar-refractivity contribution in [1.29, 1.82) is 0 Å². The first-order chi connectivity index (χ1) is 9.96. The Balaban J connectivity index is 2.27. The summed E-state index contributed by atoms with van der Waals surface area (Å²) in [5, 5.41) is 2.97. The van der Waals surface area contributed by atoms with E-state index in [1.54, 1.807) is 7.11 Å². The maximum Gasteiger partial charge on any atom is 0.220 e. The van der Waals surface area contributed by atoms with Gasteiger partial charge in [-0.25, -0.2) is 0 Å². The summed E-state index contributed by atoms with van der Waals surface area (Å²) in [6.45, 7) is 5.64. The maximum atomic E-state index is 11.8. The van der Waals surface area contributed by atoms with E-state index in [0.717, 1.165) is 30.6 Å². The van der Waals surface area contributed by atoms with Crippen LogP contribution in [0.25, 0.3) is 0 Å². The van der Waals surface area contributed by atoms with Crippen molar-refractivity contribution < 1.29 is 9.53 Å². The predicted octanol–water partition coefficient (Wildman–Crippen LogP) is 2.51. The number of rotatable bonds is 9. The van der Waals surface area contributed by atoms with Gasteiger partial charge in [0.2, 0.25) is 5.91 Å².